The molecule has 3 heteroatoms. The van der Waals surface area contributed by atoms with Crippen LogP contribution < -0.4 is 0 Å². The van der Waals surface area contributed by atoms with Gasteiger partial charge in [0, 0.05) is 31.3 Å². The molecule has 1 aliphatic heterocycles. The summed E-state index contributed by atoms with van der Waals surface area (Å²) in [5.74, 6) is 6.19. The Morgan fingerprint density at radius 2 is 2.00 bits per heavy atom. The van der Waals surface area contributed by atoms with Crippen molar-refractivity contribution in [2.75, 3.05) is 6.54 Å². The summed E-state index contributed by atoms with van der Waals surface area (Å²) in [4.78, 5) is 18.1. The number of amides is 1. The van der Waals surface area contributed by atoms with Gasteiger partial charge in [-0.25, -0.2) is 4.98 Å². The average molecular weight is 262 g/mol. The van der Waals surface area contributed by atoms with Crippen molar-refractivity contribution in [2.24, 2.45) is 0 Å². The third-order valence-electron chi connectivity index (χ3n) is 3.28. The molecule has 0 saturated heterocycles. The van der Waals surface area contributed by atoms with Crippen LogP contribution in [0.2, 0.25) is 0 Å². The highest BCUT2D eigenvalue weighted by Gasteiger charge is 2.25. The van der Waals surface area contributed by atoms with Crippen molar-refractivity contribution in [1.29, 1.82) is 0 Å². The summed E-state index contributed by atoms with van der Waals surface area (Å²) in [6, 6.07) is 13.4. The Hall–Kier alpha value is -2.60. The van der Waals surface area contributed by atoms with Gasteiger partial charge in [0.15, 0.2) is 0 Å². The average Bonchev–Trinajstić information content (AvgIpc) is 2.82. The fraction of sp³-hybridized carbons (Fsp3) is 0.176. The zero-order chi connectivity index (χ0) is 13.8. The van der Waals surface area contributed by atoms with Crippen molar-refractivity contribution in [3.8, 4) is 11.8 Å². The topological polar surface area (TPSA) is 33.2 Å². The van der Waals surface area contributed by atoms with Crippen LogP contribution in [0.1, 0.15) is 28.0 Å². The van der Waals surface area contributed by atoms with Gasteiger partial charge in [-0.3, -0.25) is 4.79 Å². The summed E-state index contributed by atoms with van der Waals surface area (Å²) < 4.78 is 0. The second kappa shape index (κ2) is 5.58. The van der Waals surface area contributed by atoms with Gasteiger partial charge in [0.1, 0.15) is 5.69 Å². The molecule has 20 heavy (non-hydrogen) atoms. The highest BCUT2D eigenvalue weighted by atomic mass is 16.2. The van der Waals surface area contributed by atoms with E-state index in [2.05, 4.69) is 16.8 Å². The van der Waals surface area contributed by atoms with Crippen LogP contribution in [0.15, 0.2) is 48.7 Å². The van der Waals surface area contributed by atoms with Gasteiger partial charge >= 0.3 is 0 Å². The van der Waals surface area contributed by atoms with Crippen molar-refractivity contribution in [1.82, 2.24) is 9.88 Å². The summed E-state index contributed by atoms with van der Waals surface area (Å²) in [7, 11) is 0. The van der Waals surface area contributed by atoms with E-state index >= 15 is 0 Å². The largest absolute Gasteiger partial charge is 0.333 e. The SMILES string of the molecule is O=C1c2ccccc2CN1CCC#Cc1ccccn1. The van der Waals surface area contributed by atoms with E-state index in [-0.39, 0.29) is 5.91 Å². The van der Waals surface area contributed by atoms with Gasteiger partial charge in [0.2, 0.25) is 0 Å². The van der Waals surface area contributed by atoms with Crippen LogP contribution in [0.5, 0.6) is 0 Å². The third kappa shape index (κ3) is 2.55. The first-order chi connectivity index (χ1) is 9.84. The maximum atomic E-state index is 12.1. The van der Waals surface area contributed by atoms with E-state index in [4.69, 9.17) is 0 Å². The molecule has 0 saturated carbocycles. The van der Waals surface area contributed by atoms with Crippen molar-refractivity contribution >= 4 is 5.91 Å². The van der Waals surface area contributed by atoms with Gasteiger partial charge in [0.25, 0.3) is 5.91 Å². The van der Waals surface area contributed by atoms with Gasteiger partial charge in [-0.15, -0.1) is 0 Å². The van der Waals surface area contributed by atoms with Gasteiger partial charge in [0.05, 0.1) is 0 Å². The second-order valence-corrected chi connectivity index (χ2v) is 4.65. The molecule has 1 aromatic carbocycles. The molecule has 0 N–H and O–H groups in total. The minimum absolute atomic E-state index is 0.111. The first-order valence-electron chi connectivity index (χ1n) is 6.62. The molecule has 3 rings (SSSR count). The van der Waals surface area contributed by atoms with Crippen molar-refractivity contribution in [3.05, 3.63) is 65.5 Å². The molecule has 0 fully saturated rings. The summed E-state index contributed by atoms with van der Waals surface area (Å²) in [5, 5.41) is 0. The van der Waals surface area contributed by atoms with Crippen molar-refractivity contribution in [3.63, 3.8) is 0 Å². The molecule has 1 amide bonds. The van der Waals surface area contributed by atoms with E-state index in [1.807, 2.05) is 47.4 Å². The maximum Gasteiger partial charge on any atom is 0.254 e. The summed E-state index contributed by atoms with van der Waals surface area (Å²) in [5.41, 5.74) is 2.70. The zero-order valence-electron chi connectivity index (χ0n) is 11.0. The first-order valence-corrected chi connectivity index (χ1v) is 6.62. The molecule has 0 unspecified atom stereocenters. The number of benzene rings is 1. The molecular weight excluding hydrogens is 248 g/mol. The maximum absolute atomic E-state index is 12.1. The van der Waals surface area contributed by atoms with Crippen LogP contribution >= 0.6 is 0 Å². The Morgan fingerprint density at radius 3 is 2.80 bits per heavy atom. The third-order valence-corrected chi connectivity index (χ3v) is 3.28. The number of pyridine rings is 1. The first kappa shape index (κ1) is 12.4. The Labute approximate surface area is 118 Å². The molecule has 1 aromatic heterocycles. The Kier molecular flexibility index (Phi) is 3.47. The summed E-state index contributed by atoms with van der Waals surface area (Å²) in [6.07, 6.45) is 2.39. The van der Waals surface area contributed by atoms with Crippen molar-refractivity contribution in [2.45, 2.75) is 13.0 Å². The number of fused-ring (bicyclic) bond motifs is 1. The quantitative estimate of drug-likeness (QED) is 0.779. The van der Waals surface area contributed by atoms with Gasteiger partial charge in [-0.05, 0) is 29.7 Å². The normalized spacial score (nSPS) is 12.8. The van der Waals surface area contributed by atoms with Crippen LogP contribution in [0.25, 0.3) is 0 Å². The summed E-state index contributed by atoms with van der Waals surface area (Å²) in [6.45, 7) is 1.35. The van der Waals surface area contributed by atoms with Crippen molar-refractivity contribution < 1.29 is 4.79 Å². The molecule has 0 radical (unpaired) electrons. The number of hydrogen-bond donors (Lipinski definition) is 0. The lowest BCUT2D eigenvalue weighted by Gasteiger charge is -2.12. The number of nitrogens with zero attached hydrogens (tertiary/aromatic N) is 2. The fourth-order valence-corrected chi connectivity index (χ4v) is 2.28. The Bertz CT molecular complexity index is 683. The molecule has 2 heterocycles. The van der Waals surface area contributed by atoms with E-state index in [1.54, 1.807) is 6.20 Å². The van der Waals surface area contributed by atoms with E-state index in [9.17, 15) is 4.79 Å². The molecule has 0 spiro atoms. The smallest absolute Gasteiger partial charge is 0.254 e. The number of aromatic nitrogens is 1. The standard InChI is InChI=1S/C17H14N2O/c20-17-16-10-2-1-7-14(16)13-19(17)12-6-4-9-15-8-3-5-11-18-15/h1-3,5,7-8,10-11H,6,12-13H2. The Morgan fingerprint density at radius 1 is 1.15 bits per heavy atom. The van der Waals surface area contributed by atoms with Crippen LogP contribution in [0, 0.1) is 11.8 Å². The molecule has 1 aliphatic rings. The number of rotatable bonds is 2. The fourth-order valence-electron chi connectivity index (χ4n) is 2.28. The lowest BCUT2D eigenvalue weighted by molar-refractivity contribution is 0.0782. The minimum Gasteiger partial charge on any atom is -0.333 e. The zero-order valence-corrected chi connectivity index (χ0v) is 11.0. The number of hydrogen-bond acceptors (Lipinski definition) is 2. The molecular formula is C17H14N2O. The predicted molar refractivity (Wildman–Crippen MR) is 76.9 cm³/mol. The lowest BCUT2D eigenvalue weighted by Crippen LogP contribution is -2.24. The van der Waals surface area contributed by atoms with Crippen LogP contribution in [-0.4, -0.2) is 22.3 Å². The number of carbonyl (C=O) groups excluding carboxylic acids is 1. The van der Waals surface area contributed by atoms with Crippen LogP contribution in [0.4, 0.5) is 0 Å². The second-order valence-electron chi connectivity index (χ2n) is 4.65. The summed E-state index contributed by atoms with van der Waals surface area (Å²) >= 11 is 0. The van der Waals surface area contributed by atoms with Crippen LogP contribution in [-0.2, 0) is 6.54 Å². The van der Waals surface area contributed by atoms with E-state index < -0.39 is 0 Å². The highest BCUT2D eigenvalue weighted by molar-refractivity contribution is 5.98. The molecule has 0 atom stereocenters. The lowest BCUT2D eigenvalue weighted by atomic mass is 10.1. The highest BCUT2D eigenvalue weighted by Crippen LogP contribution is 2.21. The van der Waals surface area contributed by atoms with Gasteiger partial charge in [-0.2, -0.15) is 0 Å². The Balaban J connectivity index is 1.59. The molecule has 0 bridgehead atoms. The number of carbonyl (C=O) groups is 1. The predicted octanol–water partition coefficient (Wildman–Crippen LogP) is 2.48. The van der Waals surface area contributed by atoms with E-state index in [1.165, 1.54) is 0 Å². The molecule has 98 valence electrons. The minimum atomic E-state index is 0.111. The molecule has 3 nitrogen and oxygen atoms in total. The van der Waals surface area contributed by atoms with Crippen LogP contribution in [0.3, 0.4) is 0 Å². The van der Waals surface area contributed by atoms with Gasteiger partial charge < -0.3 is 4.90 Å². The van der Waals surface area contributed by atoms with E-state index in [0.717, 1.165) is 16.8 Å². The van der Waals surface area contributed by atoms with Gasteiger partial charge in [-0.1, -0.05) is 30.2 Å². The molecule has 2 aromatic rings. The van der Waals surface area contributed by atoms with E-state index in [0.29, 0.717) is 19.5 Å². The monoisotopic (exact) mass is 262 g/mol. The molecule has 0 aliphatic carbocycles.